The van der Waals surface area contributed by atoms with E-state index < -0.39 is 38.4 Å². The van der Waals surface area contributed by atoms with Gasteiger partial charge in [-0.1, -0.05) is 149 Å². The minimum absolute atomic E-state index is 0.000492. The molecule has 62 heavy (non-hydrogen) atoms. The summed E-state index contributed by atoms with van der Waals surface area (Å²) in [5.74, 6) is -1.61. The van der Waals surface area contributed by atoms with Crippen molar-refractivity contribution in [2.45, 2.75) is 137 Å². The van der Waals surface area contributed by atoms with E-state index in [1.165, 1.54) is 0 Å². The first kappa shape index (κ1) is 58.4. The molecule has 0 aliphatic carbocycles. The summed E-state index contributed by atoms with van der Waals surface area (Å²) >= 11 is 0. The van der Waals surface area contributed by atoms with Gasteiger partial charge in [-0.05, 0) is 103 Å². The summed E-state index contributed by atoms with van der Waals surface area (Å²) in [6.07, 6.45) is 55.1. The van der Waals surface area contributed by atoms with Crippen LogP contribution in [0.5, 0.6) is 0 Å². The number of ether oxygens (including phenoxy) is 2. The van der Waals surface area contributed by atoms with E-state index in [0.717, 1.165) is 70.6 Å². The number of quaternary nitrogens is 1. The number of esters is 2. The van der Waals surface area contributed by atoms with Gasteiger partial charge < -0.3 is 18.9 Å². The van der Waals surface area contributed by atoms with Crippen molar-refractivity contribution in [2.24, 2.45) is 11.8 Å². The van der Waals surface area contributed by atoms with Crippen molar-refractivity contribution < 1.29 is 42.1 Å². The summed E-state index contributed by atoms with van der Waals surface area (Å²) < 4.78 is 35.1. The van der Waals surface area contributed by atoms with Crippen molar-refractivity contribution in [3.63, 3.8) is 0 Å². The average Bonchev–Trinajstić information content (AvgIpc) is 3.23. The van der Waals surface area contributed by atoms with Gasteiger partial charge in [0.2, 0.25) is 0 Å². The minimum atomic E-state index is -4.45. The molecule has 0 amide bonds. The second-order valence-electron chi connectivity index (χ2n) is 16.1. The molecule has 0 rings (SSSR count). The average molecular weight is 883 g/mol. The number of allylic oxidation sites excluding steroid dienone is 20. The van der Waals surface area contributed by atoms with Crippen molar-refractivity contribution in [1.82, 2.24) is 0 Å². The van der Waals surface area contributed by atoms with Crippen molar-refractivity contribution >= 4 is 19.8 Å². The topological polar surface area (TPSA) is 108 Å². The molecule has 350 valence electrons. The van der Waals surface area contributed by atoms with Crippen LogP contribution in [-0.2, 0) is 32.7 Å². The van der Waals surface area contributed by atoms with Crippen LogP contribution in [0.4, 0.5) is 0 Å². The van der Waals surface area contributed by atoms with Crippen LogP contribution < -0.4 is 0 Å². The van der Waals surface area contributed by atoms with Crippen LogP contribution in [-0.4, -0.2) is 74.9 Å². The summed E-state index contributed by atoms with van der Waals surface area (Å²) in [5, 5.41) is 0. The summed E-state index contributed by atoms with van der Waals surface area (Å²) in [6, 6.07) is 0. The van der Waals surface area contributed by atoms with Crippen molar-refractivity contribution in [2.75, 3.05) is 47.5 Å². The molecule has 10 heteroatoms. The van der Waals surface area contributed by atoms with Gasteiger partial charge in [-0.15, -0.1) is 0 Å². The highest BCUT2D eigenvalue weighted by Crippen LogP contribution is 2.43. The molecular formula is C52H85NO8P+. The van der Waals surface area contributed by atoms with E-state index >= 15 is 0 Å². The predicted molar refractivity (Wildman–Crippen MR) is 260 cm³/mol. The third-order valence-electron chi connectivity index (χ3n) is 9.47. The first-order valence-corrected chi connectivity index (χ1v) is 24.7. The van der Waals surface area contributed by atoms with E-state index in [4.69, 9.17) is 18.5 Å². The second kappa shape index (κ2) is 40.2. The highest BCUT2D eigenvalue weighted by atomic mass is 31.2. The molecule has 0 aliphatic rings. The Morgan fingerprint density at radius 1 is 0.516 bits per heavy atom. The van der Waals surface area contributed by atoms with Crippen molar-refractivity contribution in [3.8, 4) is 0 Å². The van der Waals surface area contributed by atoms with Gasteiger partial charge >= 0.3 is 19.8 Å². The van der Waals surface area contributed by atoms with Gasteiger partial charge in [0.1, 0.15) is 19.8 Å². The number of carbonyl (C=O) groups is 2. The largest absolute Gasteiger partial charge is 0.472 e. The lowest BCUT2D eigenvalue weighted by molar-refractivity contribution is -0.870. The molecule has 0 aliphatic heterocycles. The van der Waals surface area contributed by atoms with Gasteiger partial charge in [-0.25, -0.2) is 4.57 Å². The van der Waals surface area contributed by atoms with E-state index in [2.05, 4.69) is 135 Å². The molecule has 1 N–H and O–H groups in total. The number of nitrogens with zero attached hydrogens (tertiary/aromatic N) is 1. The maximum atomic E-state index is 13.3. The molecule has 0 spiro atoms. The molecule has 0 aromatic carbocycles. The summed E-state index contributed by atoms with van der Waals surface area (Å²) in [4.78, 5) is 36.8. The van der Waals surface area contributed by atoms with Crippen molar-refractivity contribution in [1.29, 1.82) is 0 Å². The molecule has 0 aromatic rings. The number of hydrogen-bond acceptors (Lipinski definition) is 7. The fraction of sp³-hybridized carbons (Fsp3) is 0.577. The Morgan fingerprint density at radius 3 is 1.23 bits per heavy atom. The fourth-order valence-electron chi connectivity index (χ4n) is 5.62. The maximum absolute atomic E-state index is 13.3. The number of phosphoric acid groups is 1. The first-order valence-electron chi connectivity index (χ1n) is 23.2. The summed E-state index contributed by atoms with van der Waals surface area (Å²) in [6.45, 7) is 7.86. The monoisotopic (exact) mass is 883 g/mol. The molecule has 0 fully saturated rings. The van der Waals surface area contributed by atoms with E-state index in [1.807, 2.05) is 35.0 Å². The lowest BCUT2D eigenvalue weighted by Gasteiger charge is -2.25. The Labute approximate surface area is 378 Å². The SMILES string of the molecule is CC/C=C\C/C=C\C/C=C\C/C=C\C/C=C\CCC(CC)C(=O)OCC(COP(=O)(O)OCC[N+](C)(C)C)OC(=O)C(CC)CC/C=C\C/C=C\C/C=C\C/C=C\C/C=C\CC. The number of rotatable bonds is 38. The van der Waals surface area contributed by atoms with Gasteiger partial charge in [0.25, 0.3) is 0 Å². The molecule has 0 aromatic heterocycles. The highest BCUT2D eigenvalue weighted by molar-refractivity contribution is 7.47. The smallest absolute Gasteiger partial charge is 0.461 e. The van der Waals surface area contributed by atoms with Crippen molar-refractivity contribution in [3.05, 3.63) is 122 Å². The molecule has 9 nitrogen and oxygen atoms in total. The number of hydrogen-bond donors (Lipinski definition) is 1. The molecule has 0 heterocycles. The van der Waals surface area contributed by atoms with Gasteiger partial charge in [-0.3, -0.25) is 18.6 Å². The molecule has 4 unspecified atom stereocenters. The zero-order valence-corrected chi connectivity index (χ0v) is 40.5. The molecule has 0 saturated heterocycles. The minimum Gasteiger partial charge on any atom is -0.461 e. The second-order valence-corrected chi connectivity index (χ2v) is 17.5. The van der Waals surface area contributed by atoms with Gasteiger partial charge in [0.15, 0.2) is 6.10 Å². The summed E-state index contributed by atoms with van der Waals surface area (Å²) in [7, 11) is 1.37. The predicted octanol–water partition coefficient (Wildman–Crippen LogP) is 13.4. The van der Waals surface area contributed by atoms with Gasteiger partial charge in [0, 0.05) is 0 Å². The third-order valence-corrected chi connectivity index (χ3v) is 10.4. The standard InChI is InChI=1S/C52H84NO8P/c1-8-12-14-16-18-20-22-24-26-28-30-32-34-36-38-40-42-48(10-3)51(54)58-46-50(47-60-62(56,57)59-45-44-53(5,6)7)61-52(55)49(11-4)43-41-39-37-35-33-31-29-27-25-23-21-19-17-15-13-9-2/h12-15,18-21,24-27,30-33,36-39,48-50H,8-11,16-17,22-23,28-29,34-35,40-47H2,1-7H3/p+1/b14-12-,15-13-,20-18-,21-19-,26-24-,27-25-,32-30-,33-31-,38-36-,39-37-. The molecule has 4 atom stereocenters. The molecule has 0 bridgehead atoms. The quantitative estimate of drug-likeness (QED) is 0.0283. The van der Waals surface area contributed by atoms with Crippen LogP contribution in [0.1, 0.15) is 130 Å². The van der Waals surface area contributed by atoms with E-state index in [0.29, 0.717) is 43.1 Å². The Bertz CT molecular complexity index is 1490. The summed E-state index contributed by atoms with van der Waals surface area (Å²) in [5.41, 5.74) is 0. The lowest BCUT2D eigenvalue weighted by atomic mass is 10.00. The van der Waals surface area contributed by atoms with Crippen LogP contribution in [0, 0.1) is 11.8 Å². The highest BCUT2D eigenvalue weighted by Gasteiger charge is 2.29. The van der Waals surface area contributed by atoms with Crippen LogP contribution in [0.15, 0.2) is 122 Å². The van der Waals surface area contributed by atoms with E-state index in [-0.39, 0.29) is 19.1 Å². The zero-order valence-electron chi connectivity index (χ0n) is 39.6. The van der Waals surface area contributed by atoms with Crippen LogP contribution in [0.3, 0.4) is 0 Å². The normalized spacial score (nSPS) is 15.7. The maximum Gasteiger partial charge on any atom is 0.472 e. The number of likely N-dealkylation sites (N-methyl/N-ethyl adjacent to an activating group) is 1. The fourth-order valence-corrected chi connectivity index (χ4v) is 6.37. The Balaban J connectivity index is 5.06. The third kappa shape index (κ3) is 38.1. The zero-order chi connectivity index (χ0) is 46.0. The number of carbonyl (C=O) groups excluding carboxylic acids is 2. The van der Waals surface area contributed by atoms with Gasteiger partial charge in [0.05, 0.1) is 39.6 Å². The number of phosphoric ester groups is 1. The van der Waals surface area contributed by atoms with Gasteiger partial charge in [-0.2, -0.15) is 0 Å². The first-order chi connectivity index (χ1) is 29.9. The van der Waals surface area contributed by atoms with Crippen LogP contribution in [0.2, 0.25) is 0 Å². The van der Waals surface area contributed by atoms with E-state index in [9.17, 15) is 19.0 Å². The van der Waals surface area contributed by atoms with Crippen LogP contribution >= 0.6 is 7.82 Å². The lowest BCUT2D eigenvalue weighted by Crippen LogP contribution is -2.37. The Hall–Kier alpha value is -3.59. The Kier molecular flexibility index (Phi) is 37.9. The molecular weight excluding hydrogens is 798 g/mol. The molecule has 0 saturated carbocycles. The van der Waals surface area contributed by atoms with E-state index in [1.54, 1.807) is 0 Å². The molecule has 0 radical (unpaired) electrons. The van der Waals surface area contributed by atoms with Crippen LogP contribution in [0.25, 0.3) is 0 Å². The Morgan fingerprint density at radius 2 is 0.871 bits per heavy atom.